The van der Waals surface area contributed by atoms with Gasteiger partial charge in [-0.15, -0.1) is 12.4 Å². The van der Waals surface area contributed by atoms with Crippen molar-refractivity contribution in [2.45, 2.75) is 32.4 Å². The first kappa shape index (κ1) is 16.9. The van der Waals surface area contributed by atoms with Crippen LogP contribution in [0.2, 0.25) is 0 Å². The first-order valence-corrected chi connectivity index (χ1v) is 7.60. The van der Waals surface area contributed by atoms with Crippen molar-refractivity contribution in [2.75, 3.05) is 13.1 Å². The number of piperidine rings is 1. The molecule has 2 N–H and O–H groups in total. The maximum Gasteiger partial charge on any atom is 0.257 e. The Morgan fingerprint density at radius 2 is 2.09 bits per heavy atom. The van der Waals surface area contributed by atoms with Gasteiger partial charge in [0.15, 0.2) is 5.82 Å². The Kier molecular flexibility index (Phi) is 5.94. The van der Waals surface area contributed by atoms with E-state index in [9.17, 15) is 0 Å². The van der Waals surface area contributed by atoms with Gasteiger partial charge < -0.3 is 10.3 Å². The molecule has 120 valence electrons. The Bertz CT molecular complexity index is 575. The maximum atomic E-state index is 5.93. The van der Waals surface area contributed by atoms with E-state index in [0.717, 1.165) is 17.9 Å². The summed E-state index contributed by atoms with van der Waals surface area (Å²) in [6, 6.07) is 10.3. The van der Waals surface area contributed by atoms with Crippen LogP contribution in [-0.4, -0.2) is 34.2 Å². The molecule has 0 radical (unpaired) electrons. The second-order valence-electron chi connectivity index (χ2n) is 5.77. The Hall–Kier alpha value is -1.43. The summed E-state index contributed by atoms with van der Waals surface area (Å²) in [7, 11) is 0. The van der Waals surface area contributed by atoms with Gasteiger partial charge in [0.2, 0.25) is 0 Å². The van der Waals surface area contributed by atoms with Crippen LogP contribution in [0.3, 0.4) is 0 Å². The molecule has 0 amide bonds. The fraction of sp³-hybridized carbons (Fsp3) is 0.500. The summed E-state index contributed by atoms with van der Waals surface area (Å²) in [5, 5.41) is 4.11. The molecule has 0 aliphatic carbocycles. The number of rotatable bonds is 4. The summed E-state index contributed by atoms with van der Waals surface area (Å²) in [6.45, 7) is 4.73. The lowest BCUT2D eigenvalue weighted by Crippen LogP contribution is -2.48. The van der Waals surface area contributed by atoms with Crippen LogP contribution >= 0.6 is 12.4 Å². The predicted octanol–water partition coefficient (Wildman–Crippen LogP) is 2.72. The minimum absolute atomic E-state index is 0. The average molecular weight is 323 g/mol. The fourth-order valence-electron chi connectivity index (χ4n) is 3.11. The van der Waals surface area contributed by atoms with E-state index in [1.807, 2.05) is 30.3 Å². The normalized spacial score (nSPS) is 22.3. The molecule has 2 atom stereocenters. The zero-order valence-electron chi connectivity index (χ0n) is 12.8. The Morgan fingerprint density at radius 1 is 1.32 bits per heavy atom. The van der Waals surface area contributed by atoms with E-state index in [2.05, 4.69) is 22.0 Å². The van der Waals surface area contributed by atoms with Crippen molar-refractivity contribution in [2.24, 2.45) is 11.7 Å². The van der Waals surface area contributed by atoms with Crippen molar-refractivity contribution in [1.82, 2.24) is 15.0 Å². The standard InChI is InChI=1S/C16H22N4O.ClH/c1-12-6-5-9-20(14(12)10-17)11-15-18-16(21-19-15)13-7-3-2-4-8-13;/h2-4,7-8,12,14H,5-6,9-11,17H2,1H3;1H. The molecule has 1 fully saturated rings. The summed E-state index contributed by atoms with van der Waals surface area (Å²) >= 11 is 0. The lowest BCUT2D eigenvalue weighted by atomic mass is 9.91. The first-order valence-electron chi connectivity index (χ1n) is 7.60. The quantitative estimate of drug-likeness (QED) is 0.937. The van der Waals surface area contributed by atoms with Crippen molar-refractivity contribution in [1.29, 1.82) is 0 Å². The summed E-state index contributed by atoms with van der Waals surface area (Å²) in [4.78, 5) is 6.89. The minimum atomic E-state index is 0. The molecule has 3 rings (SSSR count). The van der Waals surface area contributed by atoms with Crippen LogP contribution < -0.4 is 5.73 Å². The number of likely N-dealkylation sites (tertiary alicyclic amines) is 1. The van der Waals surface area contributed by atoms with Crippen molar-refractivity contribution >= 4 is 12.4 Å². The Morgan fingerprint density at radius 3 is 2.82 bits per heavy atom. The van der Waals surface area contributed by atoms with Crippen LogP contribution in [0.5, 0.6) is 0 Å². The third-order valence-corrected chi connectivity index (χ3v) is 4.31. The van der Waals surface area contributed by atoms with Crippen LogP contribution in [-0.2, 0) is 6.54 Å². The third kappa shape index (κ3) is 3.66. The smallest absolute Gasteiger partial charge is 0.257 e. The maximum absolute atomic E-state index is 5.93. The van der Waals surface area contributed by atoms with Gasteiger partial charge in [0.05, 0.1) is 6.54 Å². The zero-order valence-corrected chi connectivity index (χ0v) is 13.6. The molecular weight excluding hydrogens is 300 g/mol. The lowest BCUT2D eigenvalue weighted by Gasteiger charge is -2.38. The fourth-order valence-corrected chi connectivity index (χ4v) is 3.11. The molecule has 2 aromatic rings. The van der Waals surface area contributed by atoms with Gasteiger partial charge in [0.1, 0.15) is 0 Å². The number of nitrogens with zero attached hydrogens (tertiary/aromatic N) is 3. The highest BCUT2D eigenvalue weighted by Gasteiger charge is 2.28. The van der Waals surface area contributed by atoms with Gasteiger partial charge >= 0.3 is 0 Å². The number of hydrogen-bond acceptors (Lipinski definition) is 5. The first-order chi connectivity index (χ1) is 10.3. The number of nitrogens with two attached hydrogens (primary N) is 1. The van der Waals surface area contributed by atoms with Crippen LogP contribution in [0.15, 0.2) is 34.9 Å². The molecule has 1 aromatic heterocycles. The monoisotopic (exact) mass is 322 g/mol. The topological polar surface area (TPSA) is 68.2 Å². The third-order valence-electron chi connectivity index (χ3n) is 4.31. The van der Waals surface area contributed by atoms with Crippen molar-refractivity contribution in [3.63, 3.8) is 0 Å². The number of halogens is 1. The van der Waals surface area contributed by atoms with Gasteiger partial charge in [-0.05, 0) is 37.4 Å². The number of hydrogen-bond donors (Lipinski definition) is 1. The number of benzene rings is 1. The molecule has 0 bridgehead atoms. The average Bonchev–Trinajstić information content (AvgIpc) is 2.97. The molecule has 6 heteroatoms. The molecule has 1 aromatic carbocycles. The molecule has 1 aliphatic heterocycles. The predicted molar refractivity (Wildman–Crippen MR) is 88.6 cm³/mol. The molecule has 22 heavy (non-hydrogen) atoms. The van der Waals surface area contributed by atoms with Gasteiger partial charge in [-0.25, -0.2) is 0 Å². The largest absolute Gasteiger partial charge is 0.334 e. The molecule has 0 spiro atoms. The highest BCUT2D eigenvalue weighted by molar-refractivity contribution is 5.85. The van der Waals surface area contributed by atoms with Crippen LogP contribution in [0.1, 0.15) is 25.6 Å². The molecule has 2 heterocycles. The van der Waals surface area contributed by atoms with Gasteiger partial charge in [0.25, 0.3) is 5.89 Å². The second kappa shape index (κ2) is 7.72. The molecular formula is C16H23ClN4O. The molecule has 1 saturated heterocycles. The van der Waals surface area contributed by atoms with Gasteiger partial charge in [0, 0.05) is 18.2 Å². The Labute approximate surface area is 137 Å². The van der Waals surface area contributed by atoms with Crippen molar-refractivity contribution in [3.8, 4) is 11.5 Å². The summed E-state index contributed by atoms with van der Waals surface area (Å²) < 4.78 is 5.37. The van der Waals surface area contributed by atoms with Gasteiger partial charge in [-0.3, -0.25) is 4.90 Å². The van der Waals surface area contributed by atoms with E-state index >= 15 is 0 Å². The van der Waals surface area contributed by atoms with E-state index in [0.29, 0.717) is 30.9 Å². The SMILES string of the molecule is CC1CCCN(Cc2noc(-c3ccccc3)n2)C1CN.Cl. The lowest BCUT2D eigenvalue weighted by molar-refractivity contribution is 0.0955. The highest BCUT2D eigenvalue weighted by atomic mass is 35.5. The summed E-state index contributed by atoms with van der Waals surface area (Å²) in [5.41, 5.74) is 6.89. The van der Waals surface area contributed by atoms with Crippen LogP contribution in [0, 0.1) is 5.92 Å². The van der Waals surface area contributed by atoms with E-state index in [1.54, 1.807) is 0 Å². The molecule has 0 saturated carbocycles. The van der Waals surface area contributed by atoms with E-state index in [4.69, 9.17) is 10.3 Å². The van der Waals surface area contributed by atoms with E-state index in [-0.39, 0.29) is 12.4 Å². The van der Waals surface area contributed by atoms with E-state index < -0.39 is 0 Å². The zero-order chi connectivity index (χ0) is 14.7. The van der Waals surface area contributed by atoms with Crippen LogP contribution in [0.25, 0.3) is 11.5 Å². The molecule has 1 aliphatic rings. The molecule has 5 nitrogen and oxygen atoms in total. The number of aromatic nitrogens is 2. The van der Waals surface area contributed by atoms with Crippen molar-refractivity contribution < 1.29 is 4.52 Å². The van der Waals surface area contributed by atoms with Crippen LogP contribution in [0.4, 0.5) is 0 Å². The minimum Gasteiger partial charge on any atom is -0.334 e. The summed E-state index contributed by atoms with van der Waals surface area (Å²) in [5.74, 6) is 1.95. The highest BCUT2D eigenvalue weighted by Crippen LogP contribution is 2.24. The molecule has 2 unspecified atom stereocenters. The van der Waals surface area contributed by atoms with Gasteiger partial charge in [-0.1, -0.05) is 30.3 Å². The van der Waals surface area contributed by atoms with E-state index in [1.165, 1.54) is 12.8 Å². The van der Waals surface area contributed by atoms with Crippen molar-refractivity contribution in [3.05, 3.63) is 36.2 Å². The summed E-state index contributed by atoms with van der Waals surface area (Å²) in [6.07, 6.45) is 2.46. The Balaban J connectivity index is 0.00000176. The second-order valence-corrected chi connectivity index (χ2v) is 5.77. The van der Waals surface area contributed by atoms with Gasteiger partial charge in [-0.2, -0.15) is 4.98 Å².